The molecule has 0 unspecified atom stereocenters. The Kier molecular flexibility index (Phi) is 11.4. The molecule has 0 aliphatic carbocycles. The zero-order chi connectivity index (χ0) is 29.8. The topological polar surface area (TPSA) is 0 Å². The van der Waals surface area contributed by atoms with Gasteiger partial charge in [0.05, 0.1) is 0 Å². The van der Waals surface area contributed by atoms with Gasteiger partial charge in [-0.3, -0.25) is 0 Å². The lowest BCUT2D eigenvalue weighted by Gasteiger charge is -2.14. The molecule has 0 aliphatic rings. The van der Waals surface area contributed by atoms with Crippen molar-refractivity contribution in [2.75, 3.05) is 0 Å². The van der Waals surface area contributed by atoms with Crippen molar-refractivity contribution >= 4 is 16.7 Å². The van der Waals surface area contributed by atoms with Crippen LogP contribution in [0.5, 0.6) is 0 Å². The maximum absolute atomic E-state index is 4.29. The fraction of sp³-hybridized carbons (Fsp3) is 0.122. The van der Waals surface area contributed by atoms with Gasteiger partial charge >= 0.3 is 0 Å². The van der Waals surface area contributed by atoms with Crippen molar-refractivity contribution in [2.45, 2.75) is 34.1 Å². The van der Waals surface area contributed by atoms with Crippen molar-refractivity contribution in [2.24, 2.45) is 0 Å². The van der Waals surface area contributed by atoms with Gasteiger partial charge in [0.1, 0.15) is 0 Å². The van der Waals surface area contributed by atoms with Gasteiger partial charge in [0.25, 0.3) is 0 Å². The zero-order valence-corrected chi connectivity index (χ0v) is 25.1. The van der Waals surface area contributed by atoms with E-state index >= 15 is 0 Å². The minimum absolute atomic E-state index is 0.931. The van der Waals surface area contributed by atoms with Crippen molar-refractivity contribution in [1.29, 1.82) is 0 Å². The summed E-state index contributed by atoms with van der Waals surface area (Å²) in [5, 5.41) is 0. The molecule has 3 aromatic carbocycles. The summed E-state index contributed by atoms with van der Waals surface area (Å²) in [5.41, 5.74) is 13.4. The van der Waals surface area contributed by atoms with Crippen LogP contribution in [0.3, 0.4) is 0 Å². The molecule has 3 rings (SSSR count). The SMILES string of the molecule is C=C/C=C(\C)C(=C)/C=C(\C=C)c1cc(-c2cccc(/C(C=C)=C/C)c2)cc(-c2cccc(C(/C=C\C)=C/CC)c2)c1. The van der Waals surface area contributed by atoms with Crippen LogP contribution in [0.15, 0.2) is 159 Å². The van der Waals surface area contributed by atoms with Gasteiger partial charge in [-0.25, -0.2) is 0 Å². The second kappa shape index (κ2) is 15.2. The molecule has 0 saturated heterocycles. The van der Waals surface area contributed by atoms with Gasteiger partial charge < -0.3 is 0 Å². The number of hydrogen-bond acceptors (Lipinski definition) is 0. The van der Waals surface area contributed by atoms with Crippen LogP contribution in [0, 0.1) is 0 Å². The van der Waals surface area contributed by atoms with E-state index in [9.17, 15) is 0 Å². The lowest BCUT2D eigenvalue weighted by molar-refractivity contribution is 1.23. The first-order valence-corrected chi connectivity index (χ1v) is 14.2. The first-order chi connectivity index (χ1) is 19.9. The summed E-state index contributed by atoms with van der Waals surface area (Å²) in [6, 6.07) is 24.2. The van der Waals surface area contributed by atoms with E-state index < -0.39 is 0 Å². The Bertz CT molecular complexity index is 1590. The molecule has 0 amide bonds. The number of hydrogen-bond donors (Lipinski definition) is 0. The summed E-state index contributed by atoms with van der Waals surface area (Å²) in [6.07, 6.45) is 19.3. The predicted molar refractivity (Wildman–Crippen MR) is 186 cm³/mol. The summed E-state index contributed by atoms with van der Waals surface area (Å²) >= 11 is 0. The van der Waals surface area contributed by atoms with Crippen molar-refractivity contribution in [3.8, 4) is 22.3 Å². The van der Waals surface area contributed by atoms with Gasteiger partial charge in [0.15, 0.2) is 0 Å². The largest absolute Gasteiger partial charge is 0.0991 e. The van der Waals surface area contributed by atoms with E-state index in [1.54, 1.807) is 6.08 Å². The molecule has 0 nitrogen and oxygen atoms in total. The molecule has 0 radical (unpaired) electrons. The molecule has 0 N–H and O–H groups in total. The first-order valence-electron chi connectivity index (χ1n) is 14.2. The Morgan fingerprint density at radius 1 is 0.707 bits per heavy atom. The van der Waals surface area contributed by atoms with Crippen LogP contribution in [-0.4, -0.2) is 0 Å². The molecule has 0 atom stereocenters. The Labute approximate surface area is 248 Å². The van der Waals surface area contributed by atoms with E-state index in [1.807, 2.05) is 32.1 Å². The van der Waals surface area contributed by atoms with Gasteiger partial charge in [-0.15, -0.1) is 0 Å². The third-order valence-electron chi connectivity index (χ3n) is 7.05. The number of allylic oxidation sites excluding steroid dienone is 14. The highest BCUT2D eigenvalue weighted by molar-refractivity contribution is 5.86. The summed E-state index contributed by atoms with van der Waals surface area (Å²) in [5.74, 6) is 0. The van der Waals surface area contributed by atoms with Crippen molar-refractivity contribution in [1.82, 2.24) is 0 Å². The Hall–Kier alpha value is -4.68. The third kappa shape index (κ3) is 7.93. The number of benzene rings is 3. The highest BCUT2D eigenvalue weighted by Crippen LogP contribution is 2.34. The molecule has 0 aliphatic heterocycles. The number of rotatable bonds is 12. The molecule has 0 fully saturated rings. The lowest BCUT2D eigenvalue weighted by Crippen LogP contribution is -1.91. The van der Waals surface area contributed by atoms with Gasteiger partial charge in [0, 0.05) is 0 Å². The molecule has 206 valence electrons. The zero-order valence-electron chi connectivity index (χ0n) is 25.1. The predicted octanol–water partition coefficient (Wildman–Crippen LogP) is 12.2. The van der Waals surface area contributed by atoms with Crippen LogP contribution in [0.25, 0.3) is 39.0 Å². The first kappa shape index (κ1) is 30.9. The highest BCUT2D eigenvalue weighted by atomic mass is 14.1. The van der Waals surface area contributed by atoms with E-state index in [2.05, 4.69) is 137 Å². The summed E-state index contributed by atoms with van der Waals surface area (Å²) in [7, 11) is 0. The average Bonchev–Trinajstić information content (AvgIpc) is 3.00. The fourth-order valence-corrected chi connectivity index (χ4v) is 4.81. The molecule has 0 aromatic heterocycles. The van der Waals surface area contributed by atoms with E-state index in [0.29, 0.717) is 0 Å². The third-order valence-corrected chi connectivity index (χ3v) is 7.05. The van der Waals surface area contributed by atoms with Crippen LogP contribution in [0.1, 0.15) is 50.8 Å². The molecular formula is C41H42. The van der Waals surface area contributed by atoms with Crippen LogP contribution >= 0.6 is 0 Å². The molecule has 0 bridgehead atoms. The van der Waals surface area contributed by atoms with Crippen LogP contribution in [-0.2, 0) is 0 Å². The normalized spacial score (nSPS) is 12.9. The summed E-state index contributed by atoms with van der Waals surface area (Å²) < 4.78 is 0. The minimum atomic E-state index is 0.931. The second-order valence-electron chi connectivity index (χ2n) is 9.89. The molecule has 3 aromatic rings. The standard InChI is InChI=1S/C41H42/c1-9-17-30(7)31(8)24-33(14-6)39-27-40(37-22-15-20-35(25-37)32(12-4)13-5)29-41(28-39)38-23-16-21-36(26-38)34(18-10-2)19-11-3/h9-10,12-29H,1,4,6,8,11H2,2-3,5,7H3/b18-10-,30-17+,32-13+,33-24+,34-19+. The smallest absolute Gasteiger partial charge is 0.0171 e. The molecule has 41 heavy (non-hydrogen) atoms. The molecule has 0 spiro atoms. The Morgan fingerprint density at radius 3 is 1.76 bits per heavy atom. The van der Waals surface area contributed by atoms with Crippen molar-refractivity contribution in [3.05, 3.63) is 176 Å². The van der Waals surface area contributed by atoms with Gasteiger partial charge in [0.2, 0.25) is 0 Å². The lowest BCUT2D eigenvalue weighted by atomic mass is 9.90. The molecule has 0 heterocycles. The molecule has 0 heteroatoms. The second-order valence-corrected chi connectivity index (χ2v) is 9.89. The van der Waals surface area contributed by atoms with Gasteiger partial charge in [-0.2, -0.15) is 0 Å². The maximum Gasteiger partial charge on any atom is -0.0171 e. The average molecular weight is 535 g/mol. The van der Waals surface area contributed by atoms with E-state index in [0.717, 1.165) is 56.5 Å². The van der Waals surface area contributed by atoms with E-state index in [1.165, 1.54) is 16.7 Å². The van der Waals surface area contributed by atoms with E-state index in [4.69, 9.17) is 0 Å². The van der Waals surface area contributed by atoms with Crippen molar-refractivity contribution < 1.29 is 0 Å². The van der Waals surface area contributed by atoms with E-state index in [-0.39, 0.29) is 0 Å². The van der Waals surface area contributed by atoms with Crippen molar-refractivity contribution in [3.63, 3.8) is 0 Å². The van der Waals surface area contributed by atoms with Gasteiger partial charge in [-0.05, 0) is 130 Å². The van der Waals surface area contributed by atoms with Crippen LogP contribution in [0.4, 0.5) is 0 Å². The highest BCUT2D eigenvalue weighted by Gasteiger charge is 2.11. The quantitative estimate of drug-likeness (QED) is 0.203. The Morgan fingerprint density at radius 2 is 1.27 bits per heavy atom. The molecular weight excluding hydrogens is 492 g/mol. The maximum atomic E-state index is 4.29. The molecule has 0 saturated carbocycles. The van der Waals surface area contributed by atoms with Crippen LogP contribution < -0.4 is 0 Å². The monoisotopic (exact) mass is 534 g/mol. The minimum Gasteiger partial charge on any atom is -0.0991 e. The fourth-order valence-electron chi connectivity index (χ4n) is 4.81. The summed E-state index contributed by atoms with van der Waals surface area (Å²) in [6.45, 7) is 24.6. The van der Waals surface area contributed by atoms with Crippen LogP contribution in [0.2, 0.25) is 0 Å². The Balaban J connectivity index is 2.29. The summed E-state index contributed by atoms with van der Waals surface area (Å²) in [4.78, 5) is 0. The van der Waals surface area contributed by atoms with Gasteiger partial charge in [-0.1, -0.05) is 118 Å².